The quantitative estimate of drug-likeness (QED) is 0.725. The van der Waals surface area contributed by atoms with E-state index in [4.69, 9.17) is 4.52 Å². The first-order valence-corrected chi connectivity index (χ1v) is 8.76. The zero-order valence-corrected chi connectivity index (χ0v) is 14.6. The van der Waals surface area contributed by atoms with Crippen molar-refractivity contribution in [3.8, 4) is 11.4 Å². The molecule has 0 N–H and O–H groups in total. The molecule has 26 heavy (non-hydrogen) atoms. The van der Waals surface area contributed by atoms with Crippen LogP contribution in [0.25, 0.3) is 11.4 Å². The number of carbonyl (C=O) groups is 1. The van der Waals surface area contributed by atoms with Crippen molar-refractivity contribution in [1.29, 1.82) is 0 Å². The van der Waals surface area contributed by atoms with Gasteiger partial charge < -0.3 is 9.42 Å². The molecule has 6 nitrogen and oxygen atoms in total. The van der Waals surface area contributed by atoms with E-state index in [1.54, 1.807) is 12.4 Å². The highest BCUT2D eigenvalue weighted by atomic mass is 16.5. The van der Waals surface area contributed by atoms with E-state index in [1.807, 2.05) is 47.4 Å². The summed E-state index contributed by atoms with van der Waals surface area (Å²) in [7, 11) is 0. The third-order valence-corrected chi connectivity index (χ3v) is 4.83. The molecule has 1 fully saturated rings. The normalized spacial score (nSPS) is 19.7. The van der Waals surface area contributed by atoms with Gasteiger partial charge in [0.1, 0.15) is 0 Å². The van der Waals surface area contributed by atoms with Crippen LogP contribution >= 0.6 is 0 Å². The monoisotopic (exact) mass is 348 g/mol. The Morgan fingerprint density at radius 1 is 1.19 bits per heavy atom. The Hall–Kier alpha value is -3.02. The molecule has 2 atom stereocenters. The van der Waals surface area contributed by atoms with E-state index in [0.29, 0.717) is 31.2 Å². The predicted molar refractivity (Wildman–Crippen MR) is 96.2 cm³/mol. The van der Waals surface area contributed by atoms with Crippen molar-refractivity contribution < 1.29 is 9.32 Å². The summed E-state index contributed by atoms with van der Waals surface area (Å²) >= 11 is 0. The van der Waals surface area contributed by atoms with Gasteiger partial charge in [0.15, 0.2) is 0 Å². The van der Waals surface area contributed by atoms with Gasteiger partial charge in [-0.2, -0.15) is 4.98 Å². The number of carbonyl (C=O) groups excluding carboxylic acids is 1. The molecule has 0 saturated carbocycles. The van der Waals surface area contributed by atoms with Crippen LogP contribution in [-0.2, 0) is 11.2 Å². The summed E-state index contributed by atoms with van der Waals surface area (Å²) in [5.74, 6) is 1.64. The number of hydrogen-bond donors (Lipinski definition) is 0. The van der Waals surface area contributed by atoms with Gasteiger partial charge in [-0.3, -0.25) is 9.78 Å². The van der Waals surface area contributed by atoms with E-state index >= 15 is 0 Å². The molecule has 1 aromatic carbocycles. The van der Waals surface area contributed by atoms with E-state index in [2.05, 4.69) is 22.0 Å². The molecule has 2 unspecified atom stereocenters. The van der Waals surface area contributed by atoms with Crippen molar-refractivity contribution in [2.45, 2.75) is 19.3 Å². The summed E-state index contributed by atoms with van der Waals surface area (Å²) in [6.45, 7) is 3.43. The number of pyridine rings is 1. The lowest BCUT2D eigenvalue weighted by atomic mass is 9.98. The Kier molecular flexibility index (Phi) is 4.48. The molecule has 4 rings (SSSR count). The van der Waals surface area contributed by atoms with Gasteiger partial charge in [-0.05, 0) is 17.5 Å². The molecular weight excluding hydrogens is 328 g/mol. The van der Waals surface area contributed by atoms with Gasteiger partial charge in [-0.1, -0.05) is 48.5 Å². The van der Waals surface area contributed by atoms with Crippen LogP contribution in [-0.4, -0.2) is 39.0 Å². The minimum atomic E-state index is 0.0674. The van der Waals surface area contributed by atoms with E-state index in [1.165, 1.54) is 0 Å². The average molecular weight is 348 g/mol. The molecule has 3 heterocycles. The lowest BCUT2D eigenvalue weighted by molar-refractivity contribution is -0.129. The summed E-state index contributed by atoms with van der Waals surface area (Å²) in [4.78, 5) is 23.1. The van der Waals surface area contributed by atoms with E-state index in [0.717, 1.165) is 11.1 Å². The number of nitrogens with zero attached hydrogens (tertiary/aromatic N) is 4. The summed E-state index contributed by atoms with van der Waals surface area (Å²) in [6, 6.07) is 13.5. The molecule has 0 aliphatic carbocycles. The Morgan fingerprint density at radius 3 is 2.81 bits per heavy atom. The van der Waals surface area contributed by atoms with Crippen molar-refractivity contribution in [3.05, 3.63) is 66.3 Å². The van der Waals surface area contributed by atoms with Crippen LogP contribution in [0.5, 0.6) is 0 Å². The third kappa shape index (κ3) is 3.35. The van der Waals surface area contributed by atoms with E-state index in [-0.39, 0.29) is 17.7 Å². The first-order chi connectivity index (χ1) is 12.7. The van der Waals surface area contributed by atoms with Gasteiger partial charge in [-0.25, -0.2) is 0 Å². The SMILES string of the molecule is CC1CN(C(=O)Cc2cccnc2)CC1c1nc(-c2ccccc2)no1. The molecule has 1 aliphatic rings. The van der Waals surface area contributed by atoms with Crippen LogP contribution < -0.4 is 0 Å². The largest absolute Gasteiger partial charge is 0.341 e. The number of hydrogen-bond acceptors (Lipinski definition) is 5. The minimum absolute atomic E-state index is 0.0674. The maximum absolute atomic E-state index is 12.6. The van der Waals surface area contributed by atoms with E-state index in [9.17, 15) is 4.79 Å². The van der Waals surface area contributed by atoms with Crippen molar-refractivity contribution in [2.24, 2.45) is 5.92 Å². The number of benzene rings is 1. The van der Waals surface area contributed by atoms with Gasteiger partial charge >= 0.3 is 0 Å². The maximum atomic E-state index is 12.6. The summed E-state index contributed by atoms with van der Waals surface area (Å²) in [6.07, 6.45) is 3.81. The molecule has 1 aliphatic heterocycles. The standard InChI is InChI=1S/C20H20N4O2/c1-14-12-24(18(25)10-15-6-5-9-21-11-15)13-17(14)20-22-19(23-26-20)16-7-3-2-4-8-16/h2-9,11,14,17H,10,12-13H2,1H3. The zero-order chi connectivity index (χ0) is 17.9. The van der Waals surface area contributed by atoms with Crippen LogP contribution in [0, 0.1) is 5.92 Å². The van der Waals surface area contributed by atoms with Crippen LogP contribution in [0.1, 0.15) is 24.3 Å². The molecule has 6 heteroatoms. The highest BCUT2D eigenvalue weighted by Crippen LogP contribution is 2.32. The van der Waals surface area contributed by atoms with Crippen LogP contribution in [0.15, 0.2) is 59.4 Å². The highest BCUT2D eigenvalue weighted by molar-refractivity contribution is 5.79. The molecular formula is C20H20N4O2. The average Bonchev–Trinajstić information content (AvgIpc) is 3.30. The Bertz CT molecular complexity index is 879. The number of rotatable bonds is 4. The minimum Gasteiger partial charge on any atom is -0.341 e. The van der Waals surface area contributed by atoms with Gasteiger partial charge in [0.2, 0.25) is 17.6 Å². The smallest absolute Gasteiger partial charge is 0.232 e. The van der Waals surface area contributed by atoms with Gasteiger partial charge in [0.25, 0.3) is 0 Å². The molecule has 132 valence electrons. The second-order valence-corrected chi connectivity index (χ2v) is 6.74. The van der Waals surface area contributed by atoms with Gasteiger partial charge in [-0.15, -0.1) is 0 Å². The Labute approximate surface area is 151 Å². The first-order valence-electron chi connectivity index (χ1n) is 8.76. The third-order valence-electron chi connectivity index (χ3n) is 4.83. The summed E-state index contributed by atoms with van der Waals surface area (Å²) in [5, 5.41) is 4.11. The summed E-state index contributed by atoms with van der Waals surface area (Å²) < 4.78 is 5.51. The van der Waals surface area contributed by atoms with Gasteiger partial charge in [0, 0.05) is 31.0 Å². The van der Waals surface area contributed by atoms with Crippen molar-refractivity contribution in [1.82, 2.24) is 20.0 Å². The zero-order valence-electron chi connectivity index (χ0n) is 14.6. The molecule has 0 radical (unpaired) electrons. The Morgan fingerprint density at radius 2 is 2.04 bits per heavy atom. The number of aromatic nitrogens is 3. The number of likely N-dealkylation sites (tertiary alicyclic amines) is 1. The van der Waals surface area contributed by atoms with E-state index < -0.39 is 0 Å². The summed E-state index contributed by atoms with van der Waals surface area (Å²) in [5.41, 5.74) is 1.86. The fraction of sp³-hybridized carbons (Fsp3) is 0.300. The lowest BCUT2D eigenvalue weighted by Gasteiger charge is -2.15. The molecule has 1 saturated heterocycles. The van der Waals surface area contributed by atoms with Crippen LogP contribution in [0.2, 0.25) is 0 Å². The van der Waals surface area contributed by atoms with Crippen molar-refractivity contribution in [2.75, 3.05) is 13.1 Å². The Balaban J connectivity index is 1.46. The fourth-order valence-electron chi connectivity index (χ4n) is 3.37. The number of amides is 1. The topological polar surface area (TPSA) is 72.1 Å². The highest BCUT2D eigenvalue weighted by Gasteiger charge is 2.36. The van der Waals surface area contributed by atoms with Crippen molar-refractivity contribution >= 4 is 5.91 Å². The second kappa shape index (κ2) is 7.07. The molecule has 1 amide bonds. The fourth-order valence-corrected chi connectivity index (χ4v) is 3.37. The first kappa shape index (κ1) is 16.4. The molecule has 2 aromatic heterocycles. The lowest BCUT2D eigenvalue weighted by Crippen LogP contribution is -2.30. The van der Waals surface area contributed by atoms with Crippen LogP contribution in [0.3, 0.4) is 0 Å². The second-order valence-electron chi connectivity index (χ2n) is 6.74. The molecule has 0 spiro atoms. The van der Waals surface area contributed by atoms with Crippen molar-refractivity contribution in [3.63, 3.8) is 0 Å². The van der Waals surface area contributed by atoms with Crippen LogP contribution in [0.4, 0.5) is 0 Å². The molecule has 3 aromatic rings. The molecule has 0 bridgehead atoms. The van der Waals surface area contributed by atoms with Gasteiger partial charge in [0.05, 0.1) is 12.3 Å². The predicted octanol–water partition coefficient (Wildman–Crippen LogP) is 2.94. The maximum Gasteiger partial charge on any atom is 0.232 e.